The second-order valence-corrected chi connectivity index (χ2v) is 6.06. The Bertz CT molecular complexity index is 315. The van der Waals surface area contributed by atoms with Crippen molar-refractivity contribution in [2.24, 2.45) is 11.1 Å². The molecule has 0 unspecified atom stereocenters. The van der Waals surface area contributed by atoms with E-state index in [0.29, 0.717) is 0 Å². The van der Waals surface area contributed by atoms with E-state index in [1.807, 2.05) is 0 Å². The van der Waals surface area contributed by atoms with Gasteiger partial charge in [0.05, 0.1) is 5.41 Å². The van der Waals surface area contributed by atoms with Crippen LogP contribution in [0.1, 0.15) is 52.9 Å². The Kier molecular flexibility index (Phi) is 4.59. The summed E-state index contributed by atoms with van der Waals surface area (Å²) in [5, 5.41) is 2.67. The van der Waals surface area contributed by atoms with Crippen LogP contribution in [0, 0.1) is 5.41 Å². The Labute approximate surface area is 108 Å². The fraction of sp³-hybridized carbons (Fsp3) is 0.846. The van der Waals surface area contributed by atoms with Gasteiger partial charge in [0.25, 0.3) is 0 Å². The first kappa shape index (κ1) is 14.8. The maximum atomic E-state index is 11.6. The summed E-state index contributed by atoms with van der Waals surface area (Å²) in [7, 11) is 0. The molecule has 1 aliphatic rings. The lowest BCUT2D eigenvalue weighted by atomic mass is 9.73. The third-order valence-electron chi connectivity index (χ3n) is 3.30. The first-order chi connectivity index (χ1) is 8.25. The van der Waals surface area contributed by atoms with Gasteiger partial charge in [-0.05, 0) is 33.6 Å². The SMILES string of the molecule is CC(C)(C)OC(=O)NCC1(C(N)=O)CCCCC1. The van der Waals surface area contributed by atoms with Gasteiger partial charge in [-0.15, -0.1) is 0 Å². The third-order valence-corrected chi connectivity index (χ3v) is 3.30. The number of rotatable bonds is 3. The molecule has 18 heavy (non-hydrogen) atoms. The van der Waals surface area contributed by atoms with Crippen molar-refractivity contribution in [3.8, 4) is 0 Å². The number of nitrogens with two attached hydrogens (primary N) is 1. The van der Waals surface area contributed by atoms with E-state index in [4.69, 9.17) is 10.5 Å². The summed E-state index contributed by atoms with van der Waals surface area (Å²) in [6, 6.07) is 0. The molecule has 1 fully saturated rings. The predicted octanol–water partition coefficient (Wildman–Crippen LogP) is 1.95. The van der Waals surface area contributed by atoms with Crippen molar-refractivity contribution in [1.82, 2.24) is 5.32 Å². The minimum absolute atomic E-state index is 0.275. The molecule has 3 N–H and O–H groups in total. The predicted molar refractivity (Wildman–Crippen MR) is 68.9 cm³/mol. The highest BCUT2D eigenvalue weighted by Crippen LogP contribution is 2.35. The first-order valence-corrected chi connectivity index (χ1v) is 6.52. The quantitative estimate of drug-likeness (QED) is 0.809. The van der Waals surface area contributed by atoms with Crippen molar-refractivity contribution in [3.63, 3.8) is 0 Å². The molecular formula is C13H24N2O3. The minimum Gasteiger partial charge on any atom is -0.444 e. The van der Waals surface area contributed by atoms with Crippen LogP contribution in [0.25, 0.3) is 0 Å². The van der Waals surface area contributed by atoms with Gasteiger partial charge in [-0.3, -0.25) is 4.79 Å². The van der Waals surface area contributed by atoms with Crippen LogP contribution in [0.3, 0.4) is 0 Å². The van der Waals surface area contributed by atoms with Gasteiger partial charge in [0.1, 0.15) is 5.60 Å². The largest absolute Gasteiger partial charge is 0.444 e. The van der Waals surface area contributed by atoms with Crippen LogP contribution in [0.5, 0.6) is 0 Å². The molecule has 2 amide bonds. The van der Waals surface area contributed by atoms with E-state index in [2.05, 4.69) is 5.32 Å². The topological polar surface area (TPSA) is 81.4 Å². The van der Waals surface area contributed by atoms with Crippen molar-refractivity contribution < 1.29 is 14.3 Å². The Morgan fingerprint density at radius 2 is 1.78 bits per heavy atom. The molecule has 104 valence electrons. The molecule has 0 aromatic carbocycles. The second kappa shape index (κ2) is 5.59. The molecule has 0 aromatic heterocycles. The average Bonchev–Trinajstić information content (AvgIpc) is 2.25. The van der Waals surface area contributed by atoms with Gasteiger partial charge in [-0.25, -0.2) is 4.79 Å². The van der Waals surface area contributed by atoms with Gasteiger partial charge >= 0.3 is 6.09 Å². The van der Waals surface area contributed by atoms with Gasteiger partial charge in [0.15, 0.2) is 0 Å². The van der Waals surface area contributed by atoms with E-state index < -0.39 is 17.1 Å². The summed E-state index contributed by atoms with van der Waals surface area (Å²) in [5.74, 6) is -0.321. The van der Waals surface area contributed by atoms with E-state index in [-0.39, 0.29) is 12.5 Å². The summed E-state index contributed by atoms with van der Waals surface area (Å²) in [6.45, 7) is 5.68. The van der Waals surface area contributed by atoms with Gasteiger partial charge < -0.3 is 15.8 Å². The average molecular weight is 256 g/mol. The summed E-state index contributed by atoms with van der Waals surface area (Å²) in [5.41, 5.74) is 4.37. The number of carbonyl (C=O) groups excluding carboxylic acids is 2. The summed E-state index contributed by atoms with van der Waals surface area (Å²) in [4.78, 5) is 23.2. The number of carbonyl (C=O) groups is 2. The van der Waals surface area contributed by atoms with Gasteiger partial charge in [-0.1, -0.05) is 19.3 Å². The van der Waals surface area contributed by atoms with Crippen molar-refractivity contribution in [1.29, 1.82) is 0 Å². The lowest BCUT2D eigenvalue weighted by molar-refractivity contribution is -0.129. The van der Waals surface area contributed by atoms with Gasteiger partial charge in [0, 0.05) is 6.54 Å². The van der Waals surface area contributed by atoms with Crippen LogP contribution < -0.4 is 11.1 Å². The van der Waals surface area contributed by atoms with Crippen molar-refractivity contribution in [2.75, 3.05) is 6.54 Å². The maximum absolute atomic E-state index is 11.6. The lowest BCUT2D eigenvalue weighted by Gasteiger charge is -2.34. The van der Waals surface area contributed by atoms with E-state index in [0.717, 1.165) is 32.1 Å². The zero-order valence-corrected chi connectivity index (χ0v) is 11.5. The van der Waals surface area contributed by atoms with Crippen LogP contribution in [0.15, 0.2) is 0 Å². The molecule has 0 aliphatic heterocycles. The molecule has 1 saturated carbocycles. The number of hydrogen-bond acceptors (Lipinski definition) is 3. The highest BCUT2D eigenvalue weighted by Gasteiger charge is 2.38. The third kappa shape index (κ3) is 4.20. The summed E-state index contributed by atoms with van der Waals surface area (Å²) < 4.78 is 5.15. The summed E-state index contributed by atoms with van der Waals surface area (Å²) >= 11 is 0. The van der Waals surface area contributed by atoms with Crippen LogP contribution in [-0.2, 0) is 9.53 Å². The standard InChI is InChI=1S/C13H24N2O3/c1-12(2,3)18-11(17)15-9-13(10(14)16)7-5-4-6-8-13/h4-9H2,1-3H3,(H2,14,16)(H,15,17). The Hall–Kier alpha value is -1.26. The summed E-state index contributed by atoms with van der Waals surface area (Å²) in [6.07, 6.45) is 4.10. The zero-order chi connectivity index (χ0) is 13.8. The molecule has 5 heteroatoms. The highest BCUT2D eigenvalue weighted by atomic mass is 16.6. The number of hydrogen-bond donors (Lipinski definition) is 2. The molecule has 5 nitrogen and oxygen atoms in total. The molecule has 0 bridgehead atoms. The van der Waals surface area contributed by atoms with Crippen LogP contribution in [-0.4, -0.2) is 24.1 Å². The fourth-order valence-corrected chi connectivity index (χ4v) is 2.29. The number of alkyl carbamates (subject to hydrolysis) is 1. The number of nitrogens with one attached hydrogen (secondary N) is 1. The Balaban J connectivity index is 2.53. The van der Waals surface area contributed by atoms with Gasteiger partial charge in [-0.2, -0.15) is 0 Å². The number of primary amides is 1. The van der Waals surface area contributed by atoms with Crippen molar-refractivity contribution >= 4 is 12.0 Å². The molecule has 1 rings (SSSR count). The van der Waals surface area contributed by atoms with E-state index in [9.17, 15) is 9.59 Å². The number of ether oxygens (including phenoxy) is 1. The molecule has 0 atom stereocenters. The molecule has 1 aliphatic carbocycles. The molecule has 0 heterocycles. The Morgan fingerprint density at radius 1 is 1.22 bits per heavy atom. The molecule has 0 saturated heterocycles. The molecule has 0 spiro atoms. The molecule has 0 aromatic rings. The fourth-order valence-electron chi connectivity index (χ4n) is 2.29. The van der Waals surface area contributed by atoms with Crippen LogP contribution >= 0.6 is 0 Å². The van der Waals surface area contributed by atoms with Gasteiger partial charge in [0.2, 0.25) is 5.91 Å². The van der Waals surface area contributed by atoms with Crippen molar-refractivity contribution in [3.05, 3.63) is 0 Å². The van der Waals surface area contributed by atoms with Crippen LogP contribution in [0.2, 0.25) is 0 Å². The van der Waals surface area contributed by atoms with E-state index in [1.54, 1.807) is 20.8 Å². The Morgan fingerprint density at radius 3 is 2.22 bits per heavy atom. The minimum atomic E-state index is -0.588. The van der Waals surface area contributed by atoms with Crippen molar-refractivity contribution in [2.45, 2.75) is 58.5 Å². The highest BCUT2D eigenvalue weighted by molar-refractivity contribution is 5.82. The first-order valence-electron chi connectivity index (χ1n) is 6.52. The number of amides is 2. The van der Waals surface area contributed by atoms with Crippen LogP contribution in [0.4, 0.5) is 4.79 Å². The maximum Gasteiger partial charge on any atom is 0.407 e. The normalized spacial score (nSPS) is 19.1. The monoisotopic (exact) mass is 256 g/mol. The molecular weight excluding hydrogens is 232 g/mol. The van der Waals surface area contributed by atoms with E-state index >= 15 is 0 Å². The lowest BCUT2D eigenvalue weighted by Crippen LogP contribution is -2.48. The molecule has 0 radical (unpaired) electrons. The second-order valence-electron chi connectivity index (χ2n) is 6.06. The van der Waals surface area contributed by atoms with E-state index in [1.165, 1.54) is 0 Å². The smallest absolute Gasteiger partial charge is 0.407 e. The zero-order valence-electron chi connectivity index (χ0n) is 11.5.